The van der Waals surface area contributed by atoms with Crippen molar-refractivity contribution in [2.45, 2.75) is 53.0 Å². The molecule has 0 aromatic heterocycles. The lowest BCUT2D eigenvalue weighted by Crippen LogP contribution is -2.38. The average Bonchev–Trinajstić information content (AvgIpc) is 2.77. The van der Waals surface area contributed by atoms with Crippen LogP contribution in [0.5, 0.6) is 0 Å². The molecule has 0 unspecified atom stereocenters. The van der Waals surface area contributed by atoms with Crippen molar-refractivity contribution in [3.8, 4) is 0 Å². The van der Waals surface area contributed by atoms with Gasteiger partial charge in [0.2, 0.25) is 0 Å². The molecule has 2 rings (SSSR count). The molecule has 0 aliphatic rings. The summed E-state index contributed by atoms with van der Waals surface area (Å²) in [6.07, 6.45) is 4.18. The topological polar surface area (TPSA) is 87.3 Å². The Hall–Kier alpha value is -3.15. The van der Waals surface area contributed by atoms with Gasteiger partial charge in [-0.05, 0) is 37.0 Å². The monoisotopic (exact) mass is 423 g/mol. The highest BCUT2D eigenvalue weighted by atomic mass is 16.2. The average molecular weight is 424 g/mol. The van der Waals surface area contributed by atoms with Crippen LogP contribution in [0.4, 0.5) is 5.69 Å². The number of amides is 3. The molecule has 0 saturated carbocycles. The minimum absolute atomic E-state index is 0.308. The number of unbranched alkanes of at least 4 members (excludes halogenated alkanes) is 1. The SMILES string of the molecule is CCCC[C@H](CC)CNC(=O)C(=O)Nc1ccccc1C(=O)NCc1cccc(C)c1. The minimum atomic E-state index is -0.774. The zero-order valence-electron chi connectivity index (χ0n) is 18.7. The number of hydrogen-bond donors (Lipinski definition) is 3. The van der Waals surface area contributed by atoms with Gasteiger partial charge in [0.1, 0.15) is 0 Å². The van der Waals surface area contributed by atoms with E-state index in [1.54, 1.807) is 24.3 Å². The van der Waals surface area contributed by atoms with Gasteiger partial charge in [0.25, 0.3) is 5.91 Å². The van der Waals surface area contributed by atoms with Gasteiger partial charge in [-0.15, -0.1) is 0 Å². The maximum atomic E-state index is 12.7. The Morgan fingerprint density at radius 3 is 2.42 bits per heavy atom. The van der Waals surface area contributed by atoms with Crippen molar-refractivity contribution >= 4 is 23.4 Å². The van der Waals surface area contributed by atoms with E-state index in [-0.39, 0.29) is 5.91 Å². The predicted octanol–water partition coefficient (Wildman–Crippen LogP) is 4.20. The molecule has 31 heavy (non-hydrogen) atoms. The molecule has 0 aliphatic heterocycles. The van der Waals surface area contributed by atoms with Crippen molar-refractivity contribution in [2.75, 3.05) is 11.9 Å². The van der Waals surface area contributed by atoms with Crippen LogP contribution in [-0.2, 0) is 16.1 Å². The molecule has 2 aromatic carbocycles. The van der Waals surface area contributed by atoms with Gasteiger partial charge in [-0.25, -0.2) is 0 Å². The zero-order chi connectivity index (χ0) is 22.6. The highest BCUT2D eigenvalue weighted by Crippen LogP contribution is 2.16. The van der Waals surface area contributed by atoms with E-state index in [9.17, 15) is 14.4 Å². The number of anilines is 1. The number of carbonyl (C=O) groups is 3. The Bertz CT molecular complexity index is 895. The Balaban J connectivity index is 1.95. The standard InChI is InChI=1S/C25H33N3O3/c1-4-6-11-19(5-2)16-27-24(30)25(31)28-22-14-8-7-13-21(22)23(29)26-17-20-12-9-10-18(3)15-20/h7-10,12-15,19H,4-6,11,16-17H2,1-3H3,(H,26,29)(H,27,30)(H,28,31)/t19-/m0/s1. The molecule has 6 nitrogen and oxygen atoms in total. The van der Waals surface area contributed by atoms with Crippen molar-refractivity contribution in [2.24, 2.45) is 5.92 Å². The summed E-state index contributed by atoms with van der Waals surface area (Å²) in [5.41, 5.74) is 2.72. The van der Waals surface area contributed by atoms with E-state index in [2.05, 4.69) is 29.8 Å². The van der Waals surface area contributed by atoms with Gasteiger partial charge in [0.05, 0.1) is 11.3 Å². The van der Waals surface area contributed by atoms with Crippen molar-refractivity contribution in [3.63, 3.8) is 0 Å². The van der Waals surface area contributed by atoms with Crippen LogP contribution in [0.3, 0.4) is 0 Å². The van der Waals surface area contributed by atoms with Crippen LogP contribution in [-0.4, -0.2) is 24.3 Å². The normalized spacial score (nSPS) is 11.5. The van der Waals surface area contributed by atoms with Crippen molar-refractivity contribution in [1.29, 1.82) is 0 Å². The molecular formula is C25H33N3O3. The fraction of sp³-hybridized carbons (Fsp3) is 0.400. The first-order valence-corrected chi connectivity index (χ1v) is 11.0. The quantitative estimate of drug-likeness (QED) is 0.501. The number of nitrogens with one attached hydrogen (secondary N) is 3. The fourth-order valence-electron chi connectivity index (χ4n) is 3.33. The van der Waals surface area contributed by atoms with Crippen LogP contribution >= 0.6 is 0 Å². The van der Waals surface area contributed by atoms with Gasteiger partial charge in [-0.2, -0.15) is 0 Å². The van der Waals surface area contributed by atoms with E-state index in [4.69, 9.17) is 0 Å². The summed E-state index contributed by atoms with van der Waals surface area (Å²) in [5.74, 6) is -1.42. The molecule has 2 aromatic rings. The van der Waals surface area contributed by atoms with Gasteiger partial charge in [0, 0.05) is 13.1 Å². The first-order valence-electron chi connectivity index (χ1n) is 11.0. The van der Waals surface area contributed by atoms with Crippen molar-refractivity contribution in [1.82, 2.24) is 10.6 Å². The molecular weight excluding hydrogens is 390 g/mol. The molecule has 0 radical (unpaired) electrons. The summed E-state index contributed by atoms with van der Waals surface area (Å²) in [4.78, 5) is 37.3. The number of carbonyl (C=O) groups excluding carboxylic acids is 3. The maximum absolute atomic E-state index is 12.7. The molecule has 0 saturated heterocycles. The van der Waals surface area contributed by atoms with Crippen molar-refractivity contribution < 1.29 is 14.4 Å². The lowest BCUT2D eigenvalue weighted by Gasteiger charge is -2.15. The second-order valence-corrected chi connectivity index (χ2v) is 7.80. The van der Waals surface area contributed by atoms with E-state index in [1.165, 1.54) is 0 Å². The molecule has 3 N–H and O–H groups in total. The highest BCUT2D eigenvalue weighted by molar-refractivity contribution is 6.40. The van der Waals surface area contributed by atoms with Crippen LogP contribution < -0.4 is 16.0 Å². The molecule has 0 fully saturated rings. The molecule has 0 spiro atoms. The molecule has 0 heterocycles. The summed E-state index contributed by atoms with van der Waals surface area (Å²) < 4.78 is 0. The van der Waals surface area contributed by atoms with Gasteiger partial charge >= 0.3 is 11.8 Å². The number of para-hydroxylation sites is 1. The Labute approximate surface area is 184 Å². The van der Waals surface area contributed by atoms with Crippen LogP contribution in [0.1, 0.15) is 61.0 Å². The third-order valence-electron chi connectivity index (χ3n) is 5.26. The summed E-state index contributed by atoms with van der Waals surface area (Å²) in [6.45, 7) is 7.06. The second kappa shape index (κ2) is 12.5. The maximum Gasteiger partial charge on any atom is 0.313 e. The Morgan fingerprint density at radius 1 is 0.935 bits per heavy atom. The summed E-state index contributed by atoms with van der Waals surface area (Å²) in [6, 6.07) is 14.5. The third kappa shape index (κ3) is 7.89. The van der Waals surface area contributed by atoms with Gasteiger partial charge < -0.3 is 16.0 Å². The van der Waals surface area contributed by atoms with E-state index in [0.29, 0.717) is 30.3 Å². The summed E-state index contributed by atoms with van der Waals surface area (Å²) in [5, 5.41) is 8.15. The van der Waals surface area contributed by atoms with Gasteiger partial charge in [0.15, 0.2) is 0 Å². The lowest BCUT2D eigenvalue weighted by atomic mass is 9.99. The lowest BCUT2D eigenvalue weighted by molar-refractivity contribution is -0.136. The number of aryl methyl sites for hydroxylation is 1. The molecule has 0 aliphatic carbocycles. The van der Waals surface area contributed by atoms with E-state index >= 15 is 0 Å². The van der Waals surface area contributed by atoms with E-state index < -0.39 is 11.8 Å². The highest BCUT2D eigenvalue weighted by Gasteiger charge is 2.18. The van der Waals surface area contributed by atoms with Crippen LogP contribution in [0.15, 0.2) is 48.5 Å². The van der Waals surface area contributed by atoms with E-state index in [0.717, 1.165) is 36.8 Å². The Kier molecular flexibility index (Phi) is 9.75. The molecule has 0 bridgehead atoms. The predicted molar refractivity (Wildman–Crippen MR) is 124 cm³/mol. The second-order valence-electron chi connectivity index (χ2n) is 7.80. The summed E-state index contributed by atoms with van der Waals surface area (Å²) in [7, 11) is 0. The van der Waals surface area contributed by atoms with E-state index in [1.807, 2.05) is 31.2 Å². The van der Waals surface area contributed by atoms with Gasteiger partial charge in [-0.3, -0.25) is 14.4 Å². The number of benzene rings is 2. The molecule has 1 atom stereocenters. The third-order valence-corrected chi connectivity index (χ3v) is 5.26. The number of rotatable bonds is 10. The fourth-order valence-corrected chi connectivity index (χ4v) is 3.33. The Morgan fingerprint density at radius 2 is 1.71 bits per heavy atom. The largest absolute Gasteiger partial charge is 0.348 e. The smallest absolute Gasteiger partial charge is 0.313 e. The molecule has 6 heteroatoms. The molecule has 166 valence electrons. The van der Waals surface area contributed by atoms with Crippen molar-refractivity contribution in [3.05, 3.63) is 65.2 Å². The van der Waals surface area contributed by atoms with Crippen LogP contribution in [0.25, 0.3) is 0 Å². The molecule has 3 amide bonds. The van der Waals surface area contributed by atoms with Crippen LogP contribution in [0.2, 0.25) is 0 Å². The first kappa shape index (κ1) is 24.1. The van der Waals surface area contributed by atoms with Crippen LogP contribution in [0, 0.1) is 12.8 Å². The summed E-state index contributed by atoms with van der Waals surface area (Å²) >= 11 is 0. The van der Waals surface area contributed by atoms with Gasteiger partial charge in [-0.1, -0.05) is 75.1 Å². The minimum Gasteiger partial charge on any atom is -0.348 e. The number of hydrogen-bond acceptors (Lipinski definition) is 3. The first-order chi connectivity index (χ1) is 14.9. The zero-order valence-corrected chi connectivity index (χ0v) is 18.7.